The normalized spacial score (nSPS) is 22.8. The van der Waals surface area contributed by atoms with Gasteiger partial charge in [0.15, 0.2) is 11.6 Å². The minimum atomic E-state index is -0.336. The van der Waals surface area contributed by atoms with Crippen LogP contribution in [0.3, 0.4) is 0 Å². The van der Waals surface area contributed by atoms with E-state index in [0.29, 0.717) is 18.0 Å². The summed E-state index contributed by atoms with van der Waals surface area (Å²) < 4.78 is 18.7. The second kappa shape index (κ2) is 6.10. The minimum absolute atomic E-state index is 0.00527. The number of halogens is 1. The molecule has 20 heavy (non-hydrogen) atoms. The molecule has 0 radical (unpaired) electrons. The number of ether oxygens (including phenoxy) is 1. The predicted molar refractivity (Wildman–Crippen MR) is 79.3 cm³/mol. The van der Waals surface area contributed by atoms with E-state index in [1.807, 2.05) is 6.07 Å². The van der Waals surface area contributed by atoms with E-state index in [9.17, 15) is 4.39 Å². The summed E-state index contributed by atoms with van der Waals surface area (Å²) >= 11 is 0. The van der Waals surface area contributed by atoms with Crippen molar-refractivity contribution in [1.82, 2.24) is 5.32 Å². The molecule has 3 nitrogen and oxygen atoms in total. The molecule has 0 heterocycles. The van der Waals surface area contributed by atoms with Gasteiger partial charge in [-0.1, -0.05) is 19.9 Å². The fraction of sp³-hybridized carbons (Fsp3) is 0.625. The first-order valence-corrected chi connectivity index (χ1v) is 7.25. The molecule has 2 rings (SSSR count). The van der Waals surface area contributed by atoms with Gasteiger partial charge < -0.3 is 15.8 Å². The van der Waals surface area contributed by atoms with Crippen molar-refractivity contribution in [3.8, 4) is 5.75 Å². The van der Waals surface area contributed by atoms with Crippen LogP contribution in [0.5, 0.6) is 5.75 Å². The van der Waals surface area contributed by atoms with Gasteiger partial charge in [-0.25, -0.2) is 4.39 Å². The summed E-state index contributed by atoms with van der Waals surface area (Å²) in [6.07, 6.45) is 3.52. The van der Waals surface area contributed by atoms with Gasteiger partial charge in [0.05, 0.1) is 7.11 Å². The average Bonchev–Trinajstić information content (AvgIpc) is 2.75. The van der Waals surface area contributed by atoms with Crippen LogP contribution in [0.25, 0.3) is 0 Å². The summed E-state index contributed by atoms with van der Waals surface area (Å²) in [6.45, 7) is 5.04. The Balaban J connectivity index is 2.07. The molecule has 112 valence electrons. The maximum atomic E-state index is 13.8. The third-order valence-corrected chi connectivity index (χ3v) is 4.22. The van der Waals surface area contributed by atoms with Gasteiger partial charge in [-0.05, 0) is 42.4 Å². The lowest BCUT2D eigenvalue weighted by Gasteiger charge is -2.24. The van der Waals surface area contributed by atoms with E-state index in [-0.39, 0.29) is 17.6 Å². The minimum Gasteiger partial charge on any atom is -0.494 e. The second-order valence-corrected chi connectivity index (χ2v) is 6.45. The van der Waals surface area contributed by atoms with E-state index in [2.05, 4.69) is 19.2 Å². The molecule has 2 unspecified atom stereocenters. The molecule has 0 amide bonds. The van der Waals surface area contributed by atoms with Crippen LogP contribution < -0.4 is 15.8 Å². The highest BCUT2D eigenvalue weighted by atomic mass is 19.1. The maximum Gasteiger partial charge on any atom is 0.165 e. The van der Waals surface area contributed by atoms with Crippen LogP contribution in [-0.4, -0.2) is 19.7 Å². The molecule has 0 bridgehead atoms. The monoisotopic (exact) mass is 280 g/mol. The van der Waals surface area contributed by atoms with Crippen molar-refractivity contribution in [2.45, 2.75) is 45.2 Å². The number of methoxy groups -OCH3 is 1. The first-order chi connectivity index (χ1) is 9.45. The summed E-state index contributed by atoms with van der Waals surface area (Å²) in [7, 11) is 1.47. The molecule has 2 atom stereocenters. The van der Waals surface area contributed by atoms with E-state index in [4.69, 9.17) is 10.5 Å². The topological polar surface area (TPSA) is 47.3 Å². The van der Waals surface area contributed by atoms with Gasteiger partial charge >= 0.3 is 0 Å². The number of hydrogen-bond acceptors (Lipinski definition) is 3. The summed E-state index contributed by atoms with van der Waals surface area (Å²) in [4.78, 5) is 0. The molecular weight excluding hydrogens is 255 g/mol. The Labute approximate surface area is 120 Å². The molecule has 3 N–H and O–H groups in total. The van der Waals surface area contributed by atoms with Crippen LogP contribution in [0, 0.1) is 11.2 Å². The molecule has 0 spiro atoms. The number of benzene rings is 1. The van der Waals surface area contributed by atoms with Gasteiger partial charge in [0.25, 0.3) is 0 Å². The van der Waals surface area contributed by atoms with Crippen LogP contribution in [0.2, 0.25) is 0 Å². The Morgan fingerprint density at radius 2 is 2.25 bits per heavy atom. The lowest BCUT2D eigenvalue weighted by Crippen LogP contribution is -2.35. The van der Waals surface area contributed by atoms with Crippen molar-refractivity contribution in [3.63, 3.8) is 0 Å². The molecule has 1 aliphatic carbocycles. The molecular formula is C16H25FN2O. The van der Waals surface area contributed by atoms with Crippen molar-refractivity contribution in [2.75, 3.05) is 13.7 Å². The van der Waals surface area contributed by atoms with E-state index >= 15 is 0 Å². The van der Waals surface area contributed by atoms with E-state index in [1.54, 1.807) is 6.07 Å². The highest BCUT2D eigenvalue weighted by Crippen LogP contribution is 2.37. The van der Waals surface area contributed by atoms with Crippen LogP contribution >= 0.6 is 0 Å². The van der Waals surface area contributed by atoms with Crippen molar-refractivity contribution in [3.05, 3.63) is 29.6 Å². The number of rotatable bonds is 5. The zero-order valence-corrected chi connectivity index (χ0v) is 12.6. The van der Waals surface area contributed by atoms with Crippen LogP contribution in [0.4, 0.5) is 4.39 Å². The zero-order chi connectivity index (χ0) is 14.8. The maximum absolute atomic E-state index is 13.8. The summed E-state index contributed by atoms with van der Waals surface area (Å²) in [5, 5.41) is 3.57. The Bertz CT molecular complexity index is 462. The fourth-order valence-electron chi connectivity index (χ4n) is 3.06. The smallest absolute Gasteiger partial charge is 0.165 e. The molecule has 0 aliphatic heterocycles. The molecule has 4 heteroatoms. The zero-order valence-electron chi connectivity index (χ0n) is 12.6. The van der Waals surface area contributed by atoms with E-state index in [0.717, 1.165) is 18.4 Å². The summed E-state index contributed by atoms with van der Waals surface area (Å²) in [6, 6.07) is 5.52. The van der Waals surface area contributed by atoms with E-state index in [1.165, 1.54) is 19.6 Å². The van der Waals surface area contributed by atoms with Gasteiger partial charge in [-0.3, -0.25) is 0 Å². The predicted octanol–water partition coefficient (Wildman–Crippen LogP) is 3.00. The van der Waals surface area contributed by atoms with Gasteiger partial charge in [0.1, 0.15) is 0 Å². The molecule has 1 aromatic rings. The quantitative estimate of drug-likeness (QED) is 0.871. The van der Waals surface area contributed by atoms with Gasteiger partial charge in [-0.2, -0.15) is 0 Å². The Morgan fingerprint density at radius 3 is 2.75 bits per heavy atom. The van der Waals surface area contributed by atoms with E-state index < -0.39 is 0 Å². The number of nitrogens with one attached hydrogen (secondary N) is 1. The standard InChI is InChI=1S/C16H25FN2O/c1-16(2)7-6-12(9-16)19-14(10-18)11-4-5-15(20-3)13(17)8-11/h4-5,8,12,14,19H,6-7,9-10,18H2,1-3H3. The number of nitrogens with two attached hydrogens (primary N) is 1. The number of hydrogen-bond donors (Lipinski definition) is 2. The van der Waals surface area contributed by atoms with Crippen LogP contribution in [-0.2, 0) is 0 Å². The summed E-state index contributed by atoms with van der Waals surface area (Å²) in [5.41, 5.74) is 7.13. The highest BCUT2D eigenvalue weighted by molar-refractivity contribution is 5.31. The van der Waals surface area contributed by atoms with Gasteiger partial charge in [0.2, 0.25) is 0 Å². The van der Waals surface area contributed by atoms with Crippen molar-refractivity contribution < 1.29 is 9.13 Å². The second-order valence-electron chi connectivity index (χ2n) is 6.45. The van der Waals surface area contributed by atoms with Crippen molar-refractivity contribution in [1.29, 1.82) is 0 Å². The Hall–Kier alpha value is -1.13. The van der Waals surface area contributed by atoms with Crippen LogP contribution in [0.1, 0.15) is 44.7 Å². The van der Waals surface area contributed by atoms with Gasteiger partial charge in [0, 0.05) is 18.6 Å². The molecule has 0 saturated heterocycles. The van der Waals surface area contributed by atoms with Crippen LogP contribution in [0.15, 0.2) is 18.2 Å². The lowest BCUT2D eigenvalue weighted by atomic mass is 9.91. The fourth-order valence-corrected chi connectivity index (χ4v) is 3.06. The Kier molecular flexibility index (Phi) is 4.66. The Morgan fingerprint density at radius 1 is 1.50 bits per heavy atom. The SMILES string of the molecule is COc1ccc(C(CN)NC2CCC(C)(C)C2)cc1F. The molecule has 0 aromatic heterocycles. The first-order valence-electron chi connectivity index (χ1n) is 7.25. The largest absolute Gasteiger partial charge is 0.494 e. The van der Waals surface area contributed by atoms with Crippen molar-refractivity contribution >= 4 is 0 Å². The molecule has 1 aromatic carbocycles. The molecule has 1 saturated carbocycles. The third kappa shape index (κ3) is 3.49. The molecule has 1 aliphatic rings. The van der Waals surface area contributed by atoms with Crippen molar-refractivity contribution in [2.24, 2.45) is 11.1 Å². The van der Waals surface area contributed by atoms with Gasteiger partial charge in [-0.15, -0.1) is 0 Å². The average molecular weight is 280 g/mol. The third-order valence-electron chi connectivity index (χ3n) is 4.22. The molecule has 1 fully saturated rings. The lowest BCUT2D eigenvalue weighted by molar-refractivity contribution is 0.352. The summed E-state index contributed by atoms with van der Waals surface area (Å²) in [5.74, 6) is -0.0662. The first kappa shape index (κ1) is 15.3. The highest BCUT2D eigenvalue weighted by Gasteiger charge is 2.32.